The maximum atomic E-state index is 7.05. The fraction of sp³-hybridized carbons (Fsp3) is 0.275. The van der Waals surface area contributed by atoms with Crippen LogP contribution in [0.15, 0.2) is 118 Å². The number of para-hydroxylation sites is 1. The van der Waals surface area contributed by atoms with E-state index < -0.39 is 0 Å². The second-order valence-electron chi connectivity index (χ2n) is 18.9. The highest BCUT2D eigenvalue weighted by Crippen LogP contribution is 2.45. The molecule has 0 fully saturated rings. The molecule has 0 atom stereocenters. The molecule has 0 radical (unpaired) electrons. The minimum Gasteiger partial charge on any atom is -0.455 e. The zero-order valence-corrected chi connectivity index (χ0v) is 34.7. The Labute approximate surface area is 334 Å². The van der Waals surface area contributed by atoms with Crippen LogP contribution < -0.4 is 4.90 Å². The molecule has 0 aliphatic heterocycles. The summed E-state index contributed by atoms with van der Waals surface area (Å²) in [4.78, 5) is 18.0. The van der Waals surface area contributed by atoms with Gasteiger partial charge in [0.25, 0.3) is 0 Å². The molecule has 9 rings (SSSR count). The summed E-state index contributed by atoms with van der Waals surface area (Å²) in [6, 6.07) is 36.3. The summed E-state index contributed by atoms with van der Waals surface area (Å²) >= 11 is 0. The van der Waals surface area contributed by atoms with Crippen molar-refractivity contribution in [2.45, 2.75) is 86.5 Å². The largest absolute Gasteiger partial charge is 0.455 e. The molecule has 0 bridgehead atoms. The summed E-state index contributed by atoms with van der Waals surface area (Å²) in [5, 5.41) is 5.14. The van der Waals surface area contributed by atoms with Gasteiger partial charge in [0.15, 0.2) is 5.58 Å². The van der Waals surface area contributed by atoms with E-state index >= 15 is 0 Å². The van der Waals surface area contributed by atoms with Crippen molar-refractivity contribution in [1.29, 1.82) is 0 Å². The second kappa shape index (κ2) is 13.0. The molecule has 0 saturated heterocycles. The van der Waals surface area contributed by atoms with Gasteiger partial charge in [-0.15, -0.1) is 0 Å². The molecular formula is C51H50N4O2. The standard InChI is InChI=1S/C51H50N4O2/c1-30-22-42(55(35-17-12-11-13-18-35)43-28-34(51(8,9)10)27-39(53-43)38-26-33(20-21-52-38)50(5,6)7)54-46-37-25-32-16-14-15-19-36(32)48-44(37)45-40(56-47(30)46)23-31(24-41(45)57-48)29-49(2,3)4/h11-28H,29H2,1-10H3. The number of aromatic nitrogens is 3. The molecule has 6 nitrogen and oxygen atoms in total. The number of rotatable bonds is 5. The Balaban J connectivity index is 1.36. The van der Waals surface area contributed by atoms with Crippen LogP contribution >= 0.6 is 0 Å². The summed E-state index contributed by atoms with van der Waals surface area (Å²) in [7, 11) is 0. The molecule has 4 aromatic carbocycles. The van der Waals surface area contributed by atoms with E-state index in [1.165, 1.54) is 11.1 Å². The van der Waals surface area contributed by atoms with Crippen LogP contribution in [0.25, 0.3) is 66.2 Å². The zero-order chi connectivity index (χ0) is 40.0. The van der Waals surface area contributed by atoms with Gasteiger partial charge in [-0.25, -0.2) is 9.97 Å². The van der Waals surface area contributed by atoms with Gasteiger partial charge in [-0.05, 0) is 118 Å². The van der Waals surface area contributed by atoms with Crippen molar-refractivity contribution >= 4 is 72.1 Å². The SMILES string of the molecule is Cc1cc(N(c2ccccc2)c2cc(C(C)(C)C)cc(-c3cc(C(C)(C)C)ccn3)n2)nc2c1oc1cc(CC(C)(C)C)cc3oc4c5ccccc5cc2c4c13. The first kappa shape index (κ1) is 36.6. The normalized spacial score (nSPS) is 12.8. The molecular weight excluding hydrogens is 701 g/mol. The average molecular weight is 751 g/mol. The van der Waals surface area contributed by atoms with E-state index in [2.05, 4.69) is 171 Å². The number of hydrogen-bond donors (Lipinski definition) is 0. The molecule has 0 aliphatic carbocycles. The highest BCUT2D eigenvalue weighted by molar-refractivity contribution is 6.29. The van der Waals surface area contributed by atoms with Crippen LogP contribution in [0.2, 0.25) is 0 Å². The predicted molar refractivity (Wildman–Crippen MR) is 237 cm³/mol. The van der Waals surface area contributed by atoms with Gasteiger partial charge in [0.05, 0.1) is 16.8 Å². The van der Waals surface area contributed by atoms with Crippen molar-refractivity contribution in [3.05, 3.63) is 132 Å². The number of nitrogens with zero attached hydrogens (tertiary/aromatic N) is 4. The van der Waals surface area contributed by atoms with E-state index in [-0.39, 0.29) is 16.2 Å². The van der Waals surface area contributed by atoms with E-state index in [0.717, 1.165) is 101 Å². The van der Waals surface area contributed by atoms with Gasteiger partial charge in [0.1, 0.15) is 33.9 Å². The smallest absolute Gasteiger partial charge is 0.156 e. The molecule has 5 aromatic heterocycles. The second-order valence-corrected chi connectivity index (χ2v) is 18.9. The third-order valence-corrected chi connectivity index (χ3v) is 11.0. The Morgan fingerprint density at radius 3 is 1.93 bits per heavy atom. The monoisotopic (exact) mass is 750 g/mol. The summed E-state index contributed by atoms with van der Waals surface area (Å²) in [6.07, 6.45) is 2.78. The number of hydrogen-bond acceptors (Lipinski definition) is 6. The third kappa shape index (κ3) is 6.61. The first-order chi connectivity index (χ1) is 27.0. The Morgan fingerprint density at radius 1 is 0.579 bits per heavy atom. The Morgan fingerprint density at radius 2 is 1.23 bits per heavy atom. The van der Waals surface area contributed by atoms with Crippen LogP contribution in [-0.2, 0) is 17.3 Å². The van der Waals surface area contributed by atoms with Gasteiger partial charge in [0, 0.05) is 28.0 Å². The first-order valence-corrected chi connectivity index (χ1v) is 20.0. The lowest BCUT2D eigenvalue weighted by Gasteiger charge is -2.27. The Bertz CT molecular complexity index is 3010. The maximum Gasteiger partial charge on any atom is 0.156 e. The quantitative estimate of drug-likeness (QED) is 0.174. The minimum atomic E-state index is -0.164. The van der Waals surface area contributed by atoms with Gasteiger partial charge in [-0.1, -0.05) is 105 Å². The van der Waals surface area contributed by atoms with Crippen molar-refractivity contribution in [1.82, 2.24) is 15.0 Å². The van der Waals surface area contributed by atoms with Crippen LogP contribution in [0.5, 0.6) is 0 Å². The van der Waals surface area contributed by atoms with Gasteiger partial charge >= 0.3 is 0 Å². The van der Waals surface area contributed by atoms with E-state index in [0.29, 0.717) is 0 Å². The van der Waals surface area contributed by atoms with Gasteiger partial charge in [-0.2, -0.15) is 0 Å². The van der Waals surface area contributed by atoms with E-state index in [1.807, 2.05) is 12.3 Å². The summed E-state index contributed by atoms with van der Waals surface area (Å²) < 4.78 is 13.9. The lowest BCUT2D eigenvalue weighted by atomic mass is 9.85. The number of fused-ring (bicyclic) bond motifs is 4. The highest BCUT2D eigenvalue weighted by Gasteiger charge is 2.26. The highest BCUT2D eigenvalue weighted by atomic mass is 16.3. The van der Waals surface area contributed by atoms with Crippen molar-refractivity contribution in [2.24, 2.45) is 5.41 Å². The minimum absolute atomic E-state index is 0.0356. The van der Waals surface area contributed by atoms with Crippen LogP contribution in [0.3, 0.4) is 0 Å². The van der Waals surface area contributed by atoms with Crippen molar-refractivity contribution < 1.29 is 8.83 Å². The fourth-order valence-electron chi connectivity index (χ4n) is 8.10. The molecule has 286 valence electrons. The molecule has 9 aromatic rings. The topological polar surface area (TPSA) is 68.2 Å². The van der Waals surface area contributed by atoms with Crippen molar-refractivity contribution in [3.63, 3.8) is 0 Å². The van der Waals surface area contributed by atoms with Gasteiger partial charge in [0.2, 0.25) is 0 Å². The number of anilines is 3. The molecule has 0 saturated carbocycles. The van der Waals surface area contributed by atoms with Crippen LogP contribution in [0, 0.1) is 12.3 Å². The molecule has 57 heavy (non-hydrogen) atoms. The van der Waals surface area contributed by atoms with Crippen molar-refractivity contribution in [2.75, 3.05) is 4.90 Å². The lowest BCUT2D eigenvalue weighted by Crippen LogP contribution is -2.17. The Kier molecular flexibility index (Phi) is 8.36. The maximum absolute atomic E-state index is 7.05. The van der Waals surface area contributed by atoms with Crippen molar-refractivity contribution in [3.8, 4) is 11.4 Å². The number of furan rings is 1. The molecule has 0 unspecified atom stereocenters. The fourth-order valence-corrected chi connectivity index (χ4v) is 8.10. The first-order valence-electron chi connectivity index (χ1n) is 20.0. The summed E-state index contributed by atoms with van der Waals surface area (Å²) in [6.45, 7) is 22.3. The molecule has 0 amide bonds. The molecule has 0 aliphatic rings. The summed E-state index contributed by atoms with van der Waals surface area (Å²) in [5.41, 5.74) is 11.0. The third-order valence-electron chi connectivity index (χ3n) is 11.0. The van der Waals surface area contributed by atoms with Gasteiger partial charge in [-0.3, -0.25) is 9.88 Å². The zero-order valence-electron chi connectivity index (χ0n) is 34.7. The summed E-state index contributed by atoms with van der Waals surface area (Å²) in [5.74, 6) is 1.50. The van der Waals surface area contributed by atoms with E-state index in [4.69, 9.17) is 23.8 Å². The molecule has 0 spiro atoms. The number of pyridine rings is 3. The molecule has 0 N–H and O–H groups in total. The molecule has 6 heteroatoms. The van der Waals surface area contributed by atoms with Crippen LogP contribution in [0.1, 0.15) is 84.6 Å². The molecule has 5 heterocycles. The average Bonchev–Trinajstić information content (AvgIpc) is 3.48. The Hall–Kier alpha value is -6.01. The van der Waals surface area contributed by atoms with E-state index in [1.54, 1.807) is 0 Å². The predicted octanol–water partition coefficient (Wildman–Crippen LogP) is 14.5. The lowest BCUT2D eigenvalue weighted by molar-refractivity contribution is 0.411. The number of aryl methyl sites for hydroxylation is 1. The van der Waals surface area contributed by atoms with Crippen LogP contribution in [0.4, 0.5) is 17.3 Å². The number of benzene rings is 4. The van der Waals surface area contributed by atoms with Gasteiger partial charge < -0.3 is 8.83 Å². The van der Waals surface area contributed by atoms with E-state index in [9.17, 15) is 0 Å². The van der Waals surface area contributed by atoms with Crippen LogP contribution in [-0.4, -0.2) is 15.0 Å².